The zero-order chi connectivity index (χ0) is 9.30. The van der Waals surface area contributed by atoms with E-state index in [1.165, 1.54) is 0 Å². The lowest BCUT2D eigenvalue weighted by Gasteiger charge is -2.00. The Morgan fingerprint density at radius 1 is 1.50 bits per heavy atom. The zero-order valence-corrected chi connectivity index (χ0v) is 7.19. The second-order valence-corrected chi connectivity index (χ2v) is 3.33. The predicted octanol–water partition coefficient (Wildman–Crippen LogP) is 1.77. The molecule has 0 radical (unpaired) electrons. The van der Waals surface area contributed by atoms with Crippen molar-refractivity contribution in [2.75, 3.05) is 0 Å². The average molecular weight is 211 g/mol. The molecule has 6 heteroatoms. The van der Waals surface area contributed by atoms with Gasteiger partial charge in [0.1, 0.15) is 16.5 Å². The number of aromatic hydroxyl groups is 1. The maximum atomic E-state index is 12.7. The fourth-order valence-electron chi connectivity index (χ4n) is 0.652. The third-order valence-corrected chi connectivity index (χ3v) is 2.18. The van der Waals surface area contributed by atoms with Crippen molar-refractivity contribution in [1.82, 2.24) is 0 Å². The van der Waals surface area contributed by atoms with Crippen LogP contribution in [0.4, 0.5) is 4.39 Å². The van der Waals surface area contributed by atoms with Crippen LogP contribution >= 0.6 is 11.6 Å². The molecule has 1 rings (SSSR count). The van der Waals surface area contributed by atoms with Gasteiger partial charge in [0.2, 0.25) is 0 Å². The molecule has 0 saturated heterocycles. The molecule has 0 heterocycles. The molecule has 0 aromatic heterocycles. The minimum atomic E-state index is -2.43. The monoisotopic (exact) mass is 210 g/mol. The van der Waals surface area contributed by atoms with Crippen molar-refractivity contribution in [2.24, 2.45) is 0 Å². The topological polar surface area (TPSA) is 57.5 Å². The number of phenolic OH excluding ortho intramolecular Hbond substituents is 1. The average Bonchev–Trinajstić information content (AvgIpc) is 1.96. The first-order chi connectivity index (χ1) is 5.52. The van der Waals surface area contributed by atoms with Crippen LogP contribution in [0.2, 0.25) is 5.02 Å². The van der Waals surface area contributed by atoms with Gasteiger partial charge in [-0.05, 0) is 6.07 Å². The molecule has 0 aliphatic rings. The predicted molar refractivity (Wildman–Crippen MR) is 42.1 cm³/mol. The largest absolute Gasteiger partial charge is 0.506 e. The van der Waals surface area contributed by atoms with E-state index in [1.54, 1.807) is 0 Å². The molecule has 2 N–H and O–H groups in total. The summed E-state index contributed by atoms with van der Waals surface area (Å²) in [7, 11) is 0. The quantitative estimate of drug-likeness (QED) is 0.695. The molecule has 0 amide bonds. The summed E-state index contributed by atoms with van der Waals surface area (Å²) in [6.07, 6.45) is 0. The number of benzene rings is 1. The highest BCUT2D eigenvalue weighted by Crippen LogP contribution is 2.27. The van der Waals surface area contributed by atoms with Gasteiger partial charge in [0.05, 0.1) is 5.02 Å². The van der Waals surface area contributed by atoms with Crippen molar-refractivity contribution in [3.63, 3.8) is 0 Å². The maximum Gasteiger partial charge on any atom is 0.189 e. The van der Waals surface area contributed by atoms with Crippen molar-refractivity contribution < 1.29 is 18.3 Å². The van der Waals surface area contributed by atoms with Gasteiger partial charge < -0.3 is 9.66 Å². The van der Waals surface area contributed by atoms with E-state index < -0.39 is 27.5 Å². The van der Waals surface area contributed by atoms with Crippen molar-refractivity contribution in [3.8, 4) is 5.75 Å². The molecule has 1 aromatic rings. The fourth-order valence-corrected chi connectivity index (χ4v) is 1.32. The Labute approximate surface area is 75.1 Å². The fraction of sp³-hybridized carbons (Fsp3) is 0. The Morgan fingerprint density at radius 3 is 2.58 bits per heavy atom. The van der Waals surface area contributed by atoms with Crippen molar-refractivity contribution in [1.29, 1.82) is 0 Å². The molecule has 0 aliphatic heterocycles. The second kappa shape index (κ2) is 3.38. The minimum Gasteiger partial charge on any atom is -0.506 e. The molecule has 12 heavy (non-hydrogen) atoms. The van der Waals surface area contributed by atoms with E-state index in [0.29, 0.717) is 6.07 Å². The lowest BCUT2D eigenvalue weighted by Crippen LogP contribution is -1.92. The van der Waals surface area contributed by atoms with Gasteiger partial charge in [0.15, 0.2) is 11.1 Å². The molecule has 0 saturated carbocycles. The molecule has 1 aromatic carbocycles. The SMILES string of the molecule is O=S(O)c1cc(Cl)c(O)cc1F. The number of halogens is 2. The van der Waals surface area contributed by atoms with Crippen LogP contribution in [0.1, 0.15) is 0 Å². The standard InChI is InChI=1S/C6H4ClFO3S/c7-3-1-6(12(10)11)4(8)2-5(3)9/h1-2,9H,(H,10,11). The summed E-state index contributed by atoms with van der Waals surface area (Å²) in [6.45, 7) is 0. The Hall–Kier alpha value is -0.650. The smallest absolute Gasteiger partial charge is 0.189 e. The summed E-state index contributed by atoms with van der Waals surface area (Å²) in [5.74, 6) is -1.42. The van der Waals surface area contributed by atoms with Crippen LogP contribution in [0.25, 0.3) is 0 Å². The normalized spacial score (nSPS) is 12.9. The van der Waals surface area contributed by atoms with E-state index in [2.05, 4.69) is 0 Å². The van der Waals surface area contributed by atoms with Gasteiger partial charge in [-0.25, -0.2) is 8.60 Å². The minimum absolute atomic E-state index is 0.159. The van der Waals surface area contributed by atoms with E-state index >= 15 is 0 Å². The summed E-state index contributed by atoms with van der Waals surface area (Å²) >= 11 is 2.94. The zero-order valence-electron chi connectivity index (χ0n) is 5.62. The Kier molecular flexibility index (Phi) is 2.66. The third kappa shape index (κ3) is 1.74. The molecule has 66 valence electrons. The van der Waals surface area contributed by atoms with Crippen LogP contribution in [0.15, 0.2) is 17.0 Å². The molecule has 3 nitrogen and oxygen atoms in total. The summed E-state index contributed by atoms with van der Waals surface area (Å²) in [5, 5.41) is 8.70. The van der Waals surface area contributed by atoms with Gasteiger partial charge in [0, 0.05) is 6.07 Å². The van der Waals surface area contributed by atoms with Crippen LogP contribution in [0, 0.1) is 5.82 Å². The van der Waals surface area contributed by atoms with Gasteiger partial charge in [-0.1, -0.05) is 11.6 Å². The van der Waals surface area contributed by atoms with Gasteiger partial charge in [-0.15, -0.1) is 0 Å². The first-order valence-corrected chi connectivity index (χ1v) is 4.29. The van der Waals surface area contributed by atoms with Crippen molar-refractivity contribution in [2.45, 2.75) is 4.90 Å². The van der Waals surface area contributed by atoms with E-state index in [9.17, 15) is 8.60 Å². The lowest BCUT2D eigenvalue weighted by atomic mass is 10.3. The van der Waals surface area contributed by atoms with Gasteiger partial charge in [-0.3, -0.25) is 0 Å². The highest BCUT2D eigenvalue weighted by Gasteiger charge is 2.11. The summed E-state index contributed by atoms with van der Waals surface area (Å²) in [6, 6.07) is 1.59. The maximum absolute atomic E-state index is 12.7. The third-order valence-electron chi connectivity index (χ3n) is 1.19. The number of phenols is 1. The van der Waals surface area contributed by atoms with Gasteiger partial charge in [0.25, 0.3) is 0 Å². The molecule has 1 atom stereocenters. The molecule has 0 aliphatic carbocycles. The highest BCUT2D eigenvalue weighted by atomic mass is 35.5. The van der Waals surface area contributed by atoms with Gasteiger partial charge >= 0.3 is 0 Å². The molecule has 0 bridgehead atoms. The molecule has 1 unspecified atom stereocenters. The summed E-state index contributed by atoms with van der Waals surface area (Å²) < 4.78 is 31.6. The Morgan fingerprint density at radius 2 is 2.08 bits per heavy atom. The first-order valence-electron chi connectivity index (χ1n) is 2.81. The van der Waals surface area contributed by atoms with Crippen LogP contribution in [-0.2, 0) is 11.1 Å². The van der Waals surface area contributed by atoms with Gasteiger partial charge in [-0.2, -0.15) is 0 Å². The molecule has 0 spiro atoms. The second-order valence-electron chi connectivity index (χ2n) is 1.98. The first kappa shape index (κ1) is 9.44. The van der Waals surface area contributed by atoms with Crippen LogP contribution in [0.3, 0.4) is 0 Å². The Balaban J connectivity index is 3.33. The van der Waals surface area contributed by atoms with E-state index in [0.717, 1.165) is 6.07 Å². The van der Waals surface area contributed by atoms with Crippen LogP contribution < -0.4 is 0 Å². The molecular weight excluding hydrogens is 207 g/mol. The van der Waals surface area contributed by atoms with Crippen LogP contribution in [-0.4, -0.2) is 13.9 Å². The number of hydrogen-bond acceptors (Lipinski definition) is 2. The van der Waals surface area contributed by atoms with Crippen LogP contribution in [0.5, 0.6) is 5.75 Å². The molecular formula is C6H4ClFO3S. The number of hydrogen-bond donors (Lipinski definition) is 2. The van der Waals surface area contributed by atoms with E-state index in [4.69, 9.17) is 21.3 Å². The van der Waals surface area contributed by atoms with Crippen molar-refractivity contribution >= 4 is 22.7 Å². The highest BCUT2D eigenvalue weighted by molar-refractivity contribution is 7.79. The molecule has 0 fully saturated rings. The Bertz CT molecular complexity index is 342. The summed E-state index contributed by atoms with van der Waals surface area (Å²) in [5.41, 5.74) is 0. The van der Waals surface area contributed by atoms with E-state index in [-0.39, 0.29) is 5.02 Å². The summed E-state index contributed by atoms with van der Waals surface area (Å²) in [4.78, 5) is -0.446. The van der Waals surface area contributed by atoms with E-state index in [1.807, 2.05) is 0 Å². The number of rotatable bonds is 1. The van der Waals surface area contributed by atoms with Crippen molar-refractivity contribution in [3.05, 3.63) is 23.0 Å². The lowest BCUT2D eigenvalue weighted by molar-refractivity contribution is 0.465.